The summed E-state index contributed by atoms with van der Waals surface area (Å²) in [6, 6.07) is 8.10. The third-order valence-corrected chi connectivity index (χ3v) is 4.57. The summed E-state index contributed by atoms with van der Waals surface area (Å²) in [5.74, 6) is -0.776. The highest BCUT2D eigenvalue weighted by Gasteiger charge is 2.36. The Morgan fingerprint density at radius 3 is 2.66 bits per heavy atom. The molecule has 1 atom stereocenters. The number of pyridine rings is 1. The summed E-state index contributed by atoms with van der Waals surface area (Å²) in [5, 5.41) is 6.68. The van der Waals surface area contributed by atoms with Gasteiger partial charge >= 0.3 is 6.18 Å². The van der Waals surface area contributed by atoms with Crippen LogP contribution in [0.15, 0.2) is 30.3 Å². The number of anilines is 1. The van der Waals surface area contributed by atoms with Gasteiger partial charge in [0.05, 0.1) is 16.6 Å². The minimum absolute atomic E-state index is 0.0382. The summed E-state index contributed by atoms with van der Waals surface area (Å²) in [7, 11) is 1.50. The maximum atomic E-state index is 13.6. The number of halogens is 3. The average Bonchev–Trinajstić information content (AvgIpc) is 2.94. The lowest BCUT2D eigenvalue weighted by Crippen LogP contribution is -2.31. The highest BCUT2D eigenvalue weighted by atomic mass is 19.4. The smallest absolute Gasteiger partial charge is 0.417 e. The number of nitrogens with one attached hydrogen (secondary N) is 1. The molecule has 29 heavy (non-hydrogen) atoms. The van der Waals surface area contributed by atoms with Crippen molar-refractivity contribution in [1.82, 2.24) is 14.8 Å². The molecule has 3 rings (SSSR count). The van der Waals surface area contributed by atoms with Crippen LogP contribution in [0.3, 0.4) is 0 Å². The Balaban J connectivity index is 1.89. The minimum Gasteiger partial charge on any atom is -0.464 e. The van der Waals surface area contributed by atoms with E-state index in [0.717, 1.165) is 18.1 Å². The lowest BCUT2D eigenvalue weighted by Gasteiger charge is -2.17. The molecule has 0 radical (unpaired) electrons. The van der Waals surface area contributed by atoms with Crippen molar-refractivity contribution in [3.63, 3.8) is 0 Å². The van der Waals surface area contributed by atoms with Gasteiger partial charge in [0.1, 0.15) is 0 Å². The largest absolute Gasteiger partial charge is 0.464 e. The molecule has 1 aromatic carbocycles. The van der Waals surface area contributed by atoms with E-state index in [1.165, 1.54) is 25.6 Å². The first-order valence-corrected chi connectivity index (χ1v) is 9.08. The van der Waals surface area contributed by atoms with Crippen LogP contribution in [0.1, 0.15) is 30.7 Å². The van der Waals surface area contributed by atoms with Gasteiger partial charge in [-0.1, -0.05) is 25.1 Å². The highest BCUT2D eigenvalue weighted by Crippen LogP contribution is 2.37. The first-order chi connectivity index (χ1) is 13.6. The lowest BCUT2D eigenvalue weighted by molar-refractivity contribution is -0.136. The number of ether oxygens (including phenoxy) is 1. The van der Waals surface area contributed by atoms with Gasteiger partial charge in [-0.25, -0.2) is 0 Å². The second-order valence-electron chi connectivity index (χ2n) is 6.67. The number of hydrogen-bond donors (Lipinski definition) is 1. The molecule has 0 aliphatic rings. The summed E-state index contributed by atoms with van der Waals surface area (Å²) in [6.45, 7) is 4.90. The molecule has 0 unspecified atom stereocenters. The third kappa shape index (κ3) is 4.18. The fraction of sp³-hybridized carbons (Fsp3) is 0.350. The van der Waals surface area contributed by atoms with E-state index in [9.17, 15) is 18.0 Å². The Morgan fingerprint density at radius 2 is 2.00 bits per heavy atom. The van der Waals surface area contributed by atoms with Gasteiger partial charge < -0.3 is 10.1 Å². The Bertz CT molecular complexity index is 1060. The number of fused-ring (bicyclic) bond motifs is 1. The molecule has 2 heterocycles. The van der Waals surface area contributed by atoms with Crippen LogP contribution in [0.25, 0.3) is 11.0 Å². The molecule has 0 aliphatic heterocycles. The molecule has 1 N–H and O–H groups in total. The number of aryl methyl sites for hydroxylation is 3. The topological polar surface area (TPSA) is 69.0 Å². The van der Waals surface area contributed by atoms with Crippen LogP contribution in [0.2, 0.25) is 0 Å². The Morgan fingerprint density at radius 1 is 1.31 bits per heavy atom. The second kappa shape index (κ2) is 7.73. The van der Waals surface area contributed by atoms with Crippen molar-refractivity contribution in [2.24, 2.45) is 7.05 Å². The fourth-order valence-electron chi connectivity index (χ4n) is 3.13. The maximum Gasteiger partial charge on any atom is 0.417 e. The number of alkyl halides is 3. The number of carbonyl (C=O) groups excluding carboxylic acids is 1. The van der Waals surface area contributed by atoms with Gasteiger partial charge in [-0.2, -0.15) is 23.3 Å². The number of hydrogen-bond acceptors (Lipinski definition) is 4. The Labute approximate surface area is 165 Å². The number of nitrogens with zero attached hydrogens (tertiary/aromatic N) is 3. The first kappa shape index (κ1) is 20.6. The molecule has 0 spiro atoms. The number of rotatable bonds is 5. The summed E-state index contributed by atoms with van der Waals surface area (Å²) in [4.78, 5) is 16.6. The molecule has 2 aromatic heterocycles. The number of carbonyl (C=O) groups is 1. The van der Waals surface area contributed by atoms with Gasteiger partial charge in [-0.3, -0.25) is 9.48 Å². The SMILES string of the molecule is CCc1ccccc1NC(=O)[C@H](C)Oc1cc(C(F)(F)F)c2c(C)nn(C)c2n1. The van der Waals surface area contributed by atoms with E-state index in [0.29, 0.717) is 5.69 Å². The summed E-state index contributed by atoms with van der Waals surface area (Å²) < 4.78 is 47.4. The maximum absolute atomic E-state index is 13.6. The van der Waals surface area contributed by atoms with E-state index in [2.05, 4.69) is 15.4 Å². The first-order valence-electron chi connectivity index (χ1n) is 9.08. The Kier molecular flexibility index (Phi) is 5.50. The van der Waals surface area contributed by atoms with Gasteiger partial charge in [0.2, 0.25) is 5.88 Å². The molecular formula is C20H21F3N4O2. The molecular weight excluding hydrogens is 385 g/mol. The monoisotopic (exact) mass is 406 g/mol. The van der Waals surface area contributed by atoms with Crippen LogP contribution in [-0.2, 0) is 24.4 Å². The standard InChI is InChI=1S/C20H21F3N4O2/c1-5-13-8-6-7-9-15(13)24-19(28)12(3)29-16-10-14(20(21,22)23)17-11(2)26-27(4)18(17)25-16/h6-10,12H,5H2,1-4H3,(H,24,28)/t12-/m0/s1. The zero-order valence-corrected chi connectivity index (χ0v) is 16.5. The van der Waals surface area contributed by atoms with E-state index in [1.54, 1.807) is 12.1 Å². The quantitative estimate of drug-likeness (QED) is 0.687. The minimum atomic E-state index is -4.61. The van der Waals surface area contributed by atoms with Gasteiger partial charge in [0, 0.05) is 18.8 Å². The number of para-hydroxylation sites is 1. The molecule has 6 nitrogen and oxygen atoms in total. The molecule has 3 aromatic rings. The van der Waals surface area contributed by atoms with E-state index >= 15 is 0 Å². The third-order valence-electron chi connectivity index (χ3n) is 4.57. The van der Waals surface area contributed by atoms with Crippen LogP contribution in [0.5, 0.6) is 5.88 Å². The zero-order chi connectivity index (χ0) is 21.3. The van der Waals surface area contributed by atoms with Crippen molar-refractivity contribution in [3.05, 3.63) is 47.2 Å². The van der Waals surface area contributed by atoms with Crippen LogP contribution in [-0.4, -0.2) is 26.8 Å². The predicted molar refractivity (Wildman–Crippen MR) is 103 cm³/mol. The number of amides is 1. The molecule has 0 fully saturated rings. The van der Waals surface area contributed by atoms with Crippen molar-refractivity contribution < 1.29 is 22.7 Å². The molecule has 0 aliphatic carbocycles. The van der Waals surface area contributed by atoms with Crippen molar-refractivity contribution in [2.45, 2.75) is 39.5 Å². The van der Waals surface area contributed by atoms with Crippen molar-refractivity contribution >= 4 is 22.6 Å². The van der Waals surface area contributed by atoms with Gasteiger partial charge in [-0.05, 0) is 31.9 Å². The van der Waals surface area contributed by atoms with Crippen LogP contribution in [0.4, 0.5) is 18.9 Å². The van der Waals surface area contributed by atoms with E-state index in [4.69, 9.17) is 4.74 Å². The van der Waals surface area contributed by atoms with E-state index < -0.39 is 23.8 Å². The second-order valence-corrected chi connectivity index (χ2v) is 6.67. The van der Waals surface area contributed by atoms with E-state index in [-0.39, 0.29) is 22.6 Å². The van der Waals surface area contributed by atoms with Gasteiger partial charge in [-0.15, -0.1) is 0 Å². The summed E-state index contributed by atoms with van der Waals surface area (Å²) in [5.41, 5.74) is 0.938. The highest BCUT2D eigenvalue weighted by molar-refractivity contribution is 5.94. The summed E-state index contributed by atoms with van der Waals surface area (Å²) >= 11 is 0. The van der Waals surface area contributed by atoms with Crippen LogP contribution in [0, 0.1) is 6.92 Å². The van der Waals surface area contributed by atoms with Crippen molar-refractivity contribution in [1.29, 1.82) is 0 Å². The Hall–Kier alpha value is -3.10. The molecule has 0 saturated heterocycles. The van der Waals surface area contributed by atoms with Crippen molar-refractivity contribution in [3.8, 4) is 5.88 Å². The van der Waals surface area contributed by atoms with Crippen LogP contribution < -0.4 is 10.1 Å². The molecule has 0 saturated carbocycles. The molecule has 1 amide bonds. The normalized spacial score (nSPS) is 12.8. The number of aromatic nitrogens is 3. The summed E-state index contributed by atoms with van der Waals surface area (Å²) in [6.07, 6.45) is -4.95. The zero-order valence-electron chi connectivity index (χ0n) is 16.5. The average molecular weight is 406 g/mol. The molecule has 9 heteroatoms. The predicted octanol–water partition coefficient (Wildman–Crippen LogP) is 4.26. The molecule has 0 bridgehead atoms. The number of benzene rings is 1. The van der Waals surface area contributed by atoms with Crippen LogP contribution >= 0.6 is 0 Å². The fourth-order valence-corrected chi connectivity index (χ4v) is 3.13. The van der Waals surface area contributed by atoms with Crippen molar-refractivity contribution in [2.75, 3.05) is 5.32 Å². The molecule has 154 valence electrons. The lowest BCUT2D eigenvalue weighted by atomic mass is 10.1. The van der Waals surface area contributed by atoms with Gasteiger partial charge in [0.15, 0.2) is 11.8 Å². The van der Waals surface area contributed by atoms with E-state index in [1.807, 2.05) is 19.1 Å². The van der Waals surface area contributed by atoms with Gasteiger partial charge in [0.25, 0.3) is 5.91 Å².